The van der Waals surface area contributed by atoms with Crippen LogP contribution in [0.4, 0.5) is 5.69 Å². The second-order valence-corrected chi connectivity index (χ2v) is 9.72. The normalized spacial score (nSPS) is 12.1. The summed E-state index contributed by atoms with van der Waals surface area (Å²) in [6, 6.07) is 16.5. The quantitative estimate of drug-likeness (QED) is 0.296. The number of thioether (sulfide) groups is 1. The lowest BCUT2D eigenvalue weighted by molar-refractivity contribution is -0.115. The number of nitrogens with zero attached hydrogens (tertiary/aromatic N) is 4. The lowest BCUT2D eigenvalue weighted by Gasteiger charge is -2.16. The molecule has 0 saturated carbocycles. The zero-order chi connectivity index (χ0) is 25.1. The lowest BCUT2D eigenvalue weighted by atomic mass is 10.2. The minimum Gasteiger partial charge on any atom is -0.319 e. The fourth-order valence-electron chi connectivity index (χ4n) is 3.90. The van der Waals surface area contributed by atoms with Gasteiger partial charge in [-0.05, 0) is 44.5 Å². The fourth-order valence-corrected chi connectivity index (χ4v) is 4.83. The number of carbonyl (C=O) groups excluding carboxylic acids is 1. The predicted octanol–water partition coefficient (Wildman–Crippen LogP) is 4.11. The minimum atomic E-state index is -0.583. The van der Waals surface area contributed by atoms with Crippen LogP contribution >= 0.6 is 11.8 Å². The van der Waals surface area contributed by atoms with E-state index in [2.05, 4.69) is 17.2 Å². The Kier molecular flexibility index (Phi) is 7.25. The molecule has 0 bridgehead atoms. The molecule has 1 atom stereocenters. The van der Waals surface area contributed by atoms with Crippen molar-refractivity contribution in [3.63, 3.8) is 0 Å². The van der Waals surface area contributed by atoms with Crippen LogP contribution in [-0.2, 0) is 18.4 Å². The van der Waals surface area contributed by atoms with E-state index in [1.165, 1.54) is 16.4 Å². The monoisotopic (exact) mass is 491 g/mol. The van der Waals surface area contributed by atoms with E-state index < -0.39 is 5.25 Å². The van der Waals surface area contributed by atoms with Gasteiger partial charge in [-0.3, -0.25) is 23.6 Å². The van der Waals surface area contributed by atoms with Crippen molar-refractivity contribution >= 4 is 34.3 Å². The summed E-state index contributed by atoms with van der Waals surface area (Å²) in [5.41, 5.74) is 1.79. The number of benzene rings is 2. The van der Waals surface area contributed by atoms with E-state index in [4.69, 9.17) is 0 Å². The molecule has 4 rings (SSSR count). The number of anilines is 1. The van der Waals surface area contributed by atoms with E-state index in [-0.39, 0.29) is 22.7 Å². The minimum absolute atomic E-state index is 0.108. The molecule has 1 unspecified atom stereocenters. The maximum Gasteiger partial charge on any atom is 0.295 e. The Morgan fingerprint density at radius 2 is 1.74 bits per heavy atom. The molecule has 0 aliphatic heterocycles. The molecule has 2 heterocycles. The van der Waals surface area contributed by atoms with Crippen LogP contribution in [0.15, 0.2) is 69.3 Å². The molecule has 0 aliphatic carbocycles. The third-order valence-electron chi connectivity index (χ3n) is 6.02. The molecule has 2 aromatic heterocycles. The Bertz CT molecular complexity index is 1490. The molecule has 1 N–H and O–H groups in total. The van der Waals surface area contributed by atoms with Gasteiger partial charge in [-0.2, -0.15) is 0 Å². The average Bonchev–Trinajstić information content (AvgIpc) is 3.07. The van der Waals surface area contributed by atoms with Crippen LogP contribution in [0.25, 0.3) is 16.6 Å². The van der Waals surface area contributed by atoms with Crippen molar-refractivity contribution in [1.82, 2.24) is 18.9 Å². The molecule has 2 aromatic carbocycles. The predicted molar refractivity (Wildman–Crippen MR) is 141 cm³/mol. The number of nitrogens with one attached hydrogen (secondary N) is 1. The van der Waals surface area contributed by atoms with Gasteiger partial charge in [-0.15, -0.1) is 0 Å². The highest BCUT2D eigenvalue weighted by atomic mass is 32.2. The van der Waals surface area contributed by atoms with Gasteiger partial charge in [0.05, 0.1) is 27.5 Å². The van der Waals surface area contributed by atoms with Crippen LogP contribution in [0.2, 0.25) is 0 Å². The zero-order valence-electron chi connectivity index (χ0n) is 20.3. The van der Waals surface area contributed by atoms with E-state index in [9.17, 15) is 14.4 Å². The molecular formula is C26H29N5O3S. The molecule has 0 fully saturated rings. The summed E-state index contributed by atoms with van der Waals surface area (Å²) in [5, 5.41) is 3.29. The van der Waals surface area contributed by atoms with Crippen LogP contribution in [0.3, 0.4) is 0 Å². The van der Waals surface area contributed by atoms with Crippen LogP contribution in [0.1, 0.15) is 32.4 Å². The summed E-state index contributed by atoms with van der Waals surface area (Å²) >= 11 is 1.22. The van der Waals surface area contributed by atoms with Gasteiger partial charge in [0.1, 0.15) is 5.69 Å². The number of fused-ring (bicyclic) bond motifs is 1. The Labute approximate surface area is 207 Å². The van der Waals surface area contributed by atoms with Gasteiger partial charge in [0.25, 0.3) is 11.1 Å². The number of para-hydroxylation sites is 2. The summed E-state index contributed by atoms with van der Waals surface area (Å²) in [4.78, 5) is 44.1. The summed E-state index contributed by atoms with van der Waals surface area (Å²) in [7, 11) is 1.78. The Morgan fingerprint density at radius 1 is 1.06 bits per heavy atom. The average molecular weight is 492 g/mol. The van der Waals surface area contributed by atoms with Crippen molar-refractivity contribution in [2.75, 3.05) is 5.32 Å². The number of rotatable bonds is 8. The second kappa shape index (κ2) is 10.4. The smallest absolute Gasteiger partial charge is 0.295 e. The van der Waals surface area contributed by atoms with E-state index in [0.717, 1.165) is 12.8 Å². The van der Waals surface area contributed by atoms with Crippen molar-refractivity contribution in [2.24, 2.45) is 7.05 Å². The molecular weight excluding hydrogens is 462 g/mol. The Morgan fingerprint density at radius 3 is 2.46 bits per heavy atom. The lowest BCUT2D eigenvalue weighted by Crippen LogP contribution is -2.29. The maximum absolute atomic E-state index is 13.2. The van der Waals surface area contributed by atoms with Crippen molar-refractivity contribution in [2.45, 2.75) is 50.6 Å². The highest BCUT2D eigenvalue weighted by Gasteiger charge is 2.23. The third kappa shape index (κ3) is 4.81. The first-order chi connectivity index (χ1) is 16.8. The van der Waals surface area contributed by atoms with Crippen molar-refractivity contribution in [3.05, 3.63) is 81.0 Å². The fraction of sp³-hybridized carbons (Fsp3) is 0.308. The first kappa shape index (κ1) is 24.5. The summed E-state index contributed by atoms with van der Waals surface area (Å²) in [5.74, 6) is -0.328. The summed E-state index contributed by atoms with van der Waals surface area (Å²) in [6.45, 7) is 6.14. The topological polar surface area (TPSA) is 90.9 Å². The van der Waals surface area contributed by atoms with Gasteiger partial charge in [-0.1, -0.05) is 55.4 Å². The Hall–Kier alpha value is -3.59. The van der Waals surface area contributed by atoms with Gasteiger partial charge < -0.3 is 5.32 Å². The molecule has 0 aliphatic rings. The third-order valence-corrected chi connectivity index (χ3v) is 7.11. The van der Waals surface area contributed by atoms with E-state index >= 15 is 0 Å². The number of hydrogen-bond donors (Lipinski definition) is 1. The van der Waals surface area contributed by atoms with Crippen molar-refractivity contribution in [1.29, 1.82) is 0 Å². The number of carbonyl (C=O) groups is 1. The molecule has 9 heteroatoms. The molecule has 35 heavy (non-hydrogen) atoms. The van der Waals surface area contributed by atoms with E-state index in [0.29, 0.717) is 34.0 Å². The van der Waals surface area contributed by atoms with Gasteiger partial charge in [0.2, 0.25) is 5.91 Å². The Balaban J connectivity index is 1.63. The van der Waals surface area contributed by atoms with Crippen LogP contribution in [-0.4, -0.2) is 30.1 Å². The largest absolute Gasteiger partial charge is 0.319 e. The number of aromatic nitrogens is 4. The molecule has 182 valence electrons. The first-order valence-electron chi connectivity index (χ1n) is 11.6. The number of amides is 1. The van der Waals surface area contributed by atoms with E-state index in [1.54, 1.807) is 42.3 Å². The zero-order valence-corrected chi connectivity index (χ0v) is 21.1. The van der Waals surface area contributed by atoms with Crippen LogP contribution in [0.5, 0.6) is 0 Å². The van der Waals surface area contributed by atoms with Gasteiger partial charge in [0.15, 0.2) is 5.16 Å². The molecule has 0 spiro atoms. The first-order valence-corrected chi connectivity index (χ1v) is 12.5. The van der Waals surface area contributed by atoms with Crippen LogP contribution in [0, 0.1) is 6.92 Å². The van der Waals surface area contributed by atoms with E-state index in [1.807, 2.05) is 42.5 Å². The SMILES string of the molecule is CCCCn1c(SC(C)C(=O)Nc2c(C)n(C)n(-c3ccccc3)c2=O)nc2ccccc2c1=O. The highest BCUT2D eigenvalue weighted by molar-refractivity contribution is 8.00. The van der Waals surface area contributed by atoms with Gasteiger partial charge >= 0.3 is 0 Å². The van der Waals surface area contributed by atoms with Crippen LogP contribution < -0.4 is 16.4 Å². The molecule has 8 nitrogen and oxygen atoms in total. The van der Waals surface area contributed by atoms with Gasteiger partial charge in [0, 0.05) is 13.6 Å². The van der Waals surface area contributed by atoms with Gasteiger partial charge in [-0.25, -0.2) is 9.67 Å². The number of unbranched alkanes of at least 4 members (excludes halogenated alkanes) is 1. The van der Waals surface area contributed by atoms with Crippen molar-refractivity contribution in [3.8, 4) is 5.69 Å². The maximum atomic E-state index is 13.2. The number of hydrogen-bond acceptors (Lipinski definition) is 5. The molecule has 0 radical (unpaired) electrons. The standard InChI is InChI=1S/C26H29N5O3S/c1-5-6-16-30-24(33)20-14-10-11-15-21(20)27-26(30)35-18(3)23(32)28-22-17(2)29(4)31(25(22)34)19-12-8-7-9-13-19/h7-15,18H,5-6,16H2,1-4H3,(H,28,32). The highest BCUT2D eigenvalue weighted by Crippen LogP contribution is 2.24. The second-order valence-electron chi connectivity index (χ2n) is 8.41. The van der Waals surface area contributed by atoms with Crippen molar-refractivity contribution < 1.29 is 4.79 Å². The summed E-state index contributed by atoms with van der Waals surface area (Å²) in [6.07, 6.45) is 1.76. The molecule has 0 saturated heterocycles. The summed E-state index contributed by atoms with van der Waals surface area (Å²) < 4.78 is 4.89. The molecule has 1 amide bonds. The molecule has 4 aromatic rings.